The van der Waals surface area contributed by atoms with Crippen LogP contribution in [0, 0.1) is 5.92 Å². The molecule has 0 fully saturated rings. The van der Waals surface area contributed by atoms with Gasteiger partial charge in [-0.25, -0.2) is 0 Å². The summed E-state index contributed by atoms with van der Waals surface area (Å²) in [5.41, 5.74) is 0. The van der Waals surface area contributed by atoms with Gasteiger partial charge in [0.05, 0.1) is 11.7 Å². The Hall–Kier alpha value is -0.620. The molecular weight excluding hydrogens is 196 g/mol. The zero-order valence-electron chi connectivity index (χ0n) is 7.43. The minimum Gasteiger partial charge on any atom is -0.481 e. The molecule has 5 nitrogen and oxygen atoms in total. The van der Waals surface area contributed by atoms with E-state index >= 15 is 0 Å². The summed E-state index contributed by atoms with van der Waals surface area (Å²) in [6.07, 6.45) is 1.23. The largest absolute Gasteiger partial charge is 0.481 e. The lowest BCUT2D eigenvalue weighted by Crippen LogP contribution is -2.10. The molecule has 0 saturated heterocycles. The highest BCUT2D eigenvalue weighted by Crippen LogP contribution is 2.08. The summed E-state index contributed by atoms with van der Waals surface area (Å²) in [7, 11) is -3.89. The van der Waals surface area contributed by atoms with E-state index in [4.69, 9.17) is 9.66 Å². The predicted molar refractivity (Wildman–Crippen MR) is 47.1 cm³/mol. The molecule has 78 valence electrons. The second-order valence-corrected chi connectivity index (χ2v) is 4.59. The minimum atomic E-state index is -3.89. The van der Waals surface area contributed by atoms with Gasteiger partial charge >= 0.3 is 5.97 Å². The third-order valence-electron chi connectivity index (χ3n) is 1.71. The van der Waals surface area contributed by atoms with Crippen molar-refractivity contribution in [3.63, 3.8) is 0 Å². The normalized spacial score (nSPS) is 14.0. The average Bonchev–Trinajstić information content (AvgIpc) is 1.95. The van der Waals surface area contributed by atoms with Gasteiger partial charge in [0.1, 0.15) is 0 Å². The van der Waals surface area contributed by atoms with E-state index in [0.29, 0.717) is 19.3 Å². The summed E-state index contributed by atoms with van der Waals surface area (Å²) in [6, 6.07) is 0. The molecule has 0 amide bonds. The Kier molecular flexibility index (Phi) is 4.94. The Labute approximate surface area is 77.5 Å². The van der Waals surface area contributed by atoms with E-state index in [-0.39, 0.29) is 5.75 Å². The molecule has 0 aromatic carbocycles. The van der Waals surface area contributed by atoms with Gasteiger partial charge in [-0.05, 0) is 12.8 Å². The molecule has 6 heteroatoms. The number of carboxylic acid groups (broad SMARTS) is 1. The zero-order chi connectivity index (χ0) is 10.5. The molecule has 0 aromatic rings. The van der Waals surface area contributed by atoms with Crippen LogP contribution in [0.2, 0.25) is 0 Å². The second-order valence-electron chi connectivity index (χ2n) is 3.02. The summed E-state index contributed by atoms with van der Waals surface area (Å²) in [4.78, 5) is 10.3. The first kappa shape index (κ1) is 12.4. The summed E-state index contributed by atoms with van der Waals surface area (Å²) in [5, 5.41) is 8.47. The van der Waals surface area contributed by atoms with Gasteiger partial charge in [0.25, 0.3) is 10.1 Å². The number of hydrogen-bond donors (Lipinski definition) is 2. The maximum atomic E-state index is 10.3. The van der Waals surface area contributed by atoms with Crippen LogP contribution >= 0.6 is 0 Å². The van der Waals surface area contributed by atoms with E-state index in [9.17, 15) is 13.2 Å². The van der Waals surface area contributed by atoms with E-state index in [1.165, 1.54) is 0 Å². The molecule has 2 N–H and O–H groups in total. The van der Waals surface area contributed by atoms with E-state index in [2.05, 4.69) is 0 Å². The summed E-state index contributed by atoms with van der Waals surface area (Å²) in [6.45, 7) is 1.57. The lowest BCUT2D eigenvalue weighted by atomic mass is 10.1. The molecule has 0 spiro atoms. The molecule has 0 bridgehead atoms. The summed E-state index contributed by atoms with van der Waals surface area (Å²) < 4.78 is 28.8. The molecular formula is C7H14O5S. The van der Waals surface area contributed by atoms with Crippen LogP contribution in [0.5, 0.6) is 0 Å². The van der Waals surface area contributed by atoms with Gasteiger partial charge in [0.2, 0.25) is 0 Å². The van der Waals surface area contributed by atoms with Crippen LogP contribution in [0.15, 0.2) is 0 Å². The maximum Gasteiger partial charge on any atom is 0.306 e. The van der Waals surface area contributed by atoms with Crippen molar-refractivity contribution in [3.05, 3.63) is 0 Å². The van der Waals surface area contributed by atoms with Crippen molar-refractivity contribution >= 4 is 16.1 Å². The molecule has 0 aliphatic carbocycles. The van der Waals surface area contributed by atoms with Crippen LogP contribution in [-0.4, -0.2) is 29.8 Å². The molecule has 0 aliphatic rings. The van der Waals surface area contributed by atoms with Crippen LogP contribution in [0.3, 0.4) is 0 Å². The number of carbonyl (C=O) groups is 1. The molecule has 0 saturated carbocycles. The quantitative estimate of drug-likeness (QED) is 0.499. The van der Waals surface area contributed by atoms with Crippen molar-refractivity contribution in [1.29, 1.82) is 0 Å². The summed E-state index contributed by atoms with van der Waals surface area (Å²) in [5.74, 6) is -1.63. The fourth-order valence-corrected chi connectivity index (χ4v) is 1.43. The SMILES string of the molecule is CC(CCCCS(=O)(=O)O)C(=O)O. The lowest BCUT2D eigenvalue weighted by molar-refractivity contribution is -0.141. The van der Waals surface area contributed by atoms with Crippen LogP contribution in [0.25, 0.3) is 0 Å². The van der Waals surface area contributed by atoms with Crippen LogP contribution in [0.1, 0.15) is 26.2 Å². The van der Waals surface area contributed by atoms with Crippen LogP contribution < -0.4 is 0 Å². The van der Waals surface area contributed by atoms with Gasteiger partial charge in [-0.2, -0.15) is 8.42 Å². The molecule has 0 heterocycles. The molecule has 0 rings (SSSR count). The number of aliphatic carboxylic acids is 1. The Morgan fingerprint density at radius 1 is 1.38 bits per heavy atom. The van der Waals surface area contributed by atoms with Crippen molar-refractivity contribution in [3.8, 4) is 0 Å². The van der Waals surface area contributed by atoms with Crippen LogP contribution in [0.4, 0.5) is 0 Å². The van der Waals surface area contributed by atoms with Gasteiger partial charge in [0, 0.05) is 0 Å². The highest BCUT2D eigenvalue weighted by molar-refractivity contribution is 7.85. The molecule has 0 aromatic heterocycles. The third-order valence-corrected chi connectivity index (χ3v) is 2.52. The smallest absolute Gasteiger partial charge is 0.306 e. The van der Waals surface area contributed by atoms with E-state index in [1.54, 1.807) is 6.92 Å². The topological polar surface area (TPSA) is 91.7 Å². The highest BCUT2D eigenvalue weighted by atomic mass is 32.2. The van der Waals surface area contributed by atoms with Gasteiger partial charge in [-0.1, -0.05) is 13.3 Å². The lowest BCUT2D eigenvalue weighted by Gasteiger charge is -2.04. The standard InChI is InChI=1S/C7H14O5S/c1-6(7(8)9)4-2-3-5-13(10,11)12/h6H,2-5H2,1H3,(H,8,9)(H,10,11,12). The van der Waals surface area contributed by atoms with Crippen LogP contribution in [-0.2, 0) is 14.9 Å². The first-order valence-electron chi connectivity index (χ1n) is 4.01. The first-order chi connectivity index (χ1) is 5.83. The van der Waals surface area contributed by atoms with Crippen molar-refractivity contribution in [2.75, 3.05) is 5.75 Å². The number of carboxylic acids is 1. The van der Waals surface area contributed by atoms with Gasteiger partial charge in [-0.15, -0.1) is 0 Å². The van der Waals surface area contributed by atoms with E-state index < -0.39 is 22.0 Å². The Morgan fingerprint density at radius 2 is 1.92 bits per heavy atom. The van der Waals surface area contributed by atoms with Crippen molar-refractivity contribution < 1.29 is 22.9 Å². The Balaban J connectivity index is 3.53. The number of unbranched alkanes of at least 4 members (excludes halogenated alkanes) is 1. The first-order valence-corrected chi connectivity index (χ1v) is 5.62. The molecule has 1 atom stereocenters. The number of rotatable bonds is 6. The molecule has 13 heavy (non-hydrogen) atoms. The minimum absolute atomic E-state index is 0.292. The average molecular weight is 210 g/mol. The monoisotopic (exact) mass is 210 g/mol. The van der Waals surface area contributed by atoms with Crippen molar-refractivity contribution in [2.45, 2.75) is 26.2 Å². The highest BCUT2D eigenvalue weighted by Gasteiger charge is 2.11. The van der Waals surface area contributed by atoms with Gasteiger partial charge in [0.15, 0.2) is 0 Å². The van der Waals surface area contributed by atoms with Gasteiger partial charge in [-0.3, -0.25) is 9.35 Å². The Bertz CT molecular complexity index is 256. The van der Waals surface area contributed by atoms with Crippen molar-refractivity contribution in [2.24, 2.45) is 5.92 Å². The molecule has 1 unspecified atom stereocenters. The predicted octanol–water partition coefficient (Wildman–Crippen LogP) is 0.765. The maximum absolute atomic E-state index is 10.3. The fraction of sp³-hybridized carbons (Fsp3) is 0.857. The third kappa shape index (κ3) is 7.73. The zero-order valence-corrected chi connectivity index (χ0v) is 8.25. The van der Waals surface area contributed by atoms with Gasteiger partial charge < -0.3 is 5.11 Å². The summed E-state index contributed by atoms with van der Waals surface area (Å²) >= 11 is 0. The fourth-order valence-electron chi connectivity index (χ4n) is 0.858. The second kappa shape index (κ2) is 5.18. The molecule has 0 radical (unpaired) electrons. The van der Waals surface area contributed by atoms with Crippen molar-refractivity contribution in [1.82, 2.24) is 0 Å². The van der Waals surface area contributed by atoms with E-state index in [1.807, 2.05) is 0 Å². The number of hydrogen-bond acceptors (Lipinski definition) is 3. The Morgan fingerprint density at radius 3 is 2.31 bits per heavy atom. The molecule has 0 aliphatic heterocycles. The van der Waals surface area contributed by atoms with E-state index in [0.717, 1.165) is 0 Å².